The summed E-state index contributed by atoms with van der Waals surface area (Å²) in [4.78, 5) is 13.6. The molecule has 5 nitrogen and oxygen atoms in total. The van der Waals surface area contributed by atoms with Crippen LogP contribution in [0.15, 0.2) is 30.3 Å². The van der Waals surface area contributed by atoms with Gasteiger partial charge >= 0.3 is 12.2 Å². The van der Waals surface area contributed by atoms with Crippen LogP contribution in [0.2, 0.25) is 0 Å². The van der Waals surface area contributed by atoms with Crippen molar-refractivity contribution in [1.82, 2.24) is 20.4 Å². The second kappa shape index (κ2) is 7.39. The van der Waals surface area contributed by atoms with Crippen LogP contribution >= 0.6 is 0 Å². The number of aromatic nitrogens is 2. The Balaban J connectivity index is 1.88. The van der Waals surface area contributed by atoms with Crippen molar-refractivity contribution < 1.29 is 18.0 Å². The van der Waals surface area contributed by atoms with Gasteiger partial charge in [0.1, 0.15) is 0 Å². The summed E-state index contributed by atoms with van der Waals surface area (Å²) in [5, 5.41) is 9.85. The van der Waals surface area contributed by atoms with E-state index in [0.717, 1.165) is 23.5 Å². The smallest absolute Gasteiger partial charge is 0.334 e. The van der Waals surface area contributed by atoms with Crippen molar-refractivity contribution in [3.63, 3.8) is 0 Å². The van der Waals surface area contributed by atoms with Crippen LogP contribution in [0.4, 0.5) is 18.0 Å². The van der Waals surface area contributed by atoms with Crippen molar-refractivity contribution in [3.05, 3.63) is 52.8 Å². The number of carbonyl (C=O) groups excluding carboxylic acids is 1. The van der Waals surface area contributed by atoms with Crippen molar-refractivity contribution in [2.45, 2.75) is 45.5 Å². The van der Waals surface area contributed by atoms with E-state index in [4.69, 9.17) is 0 Å². The third-order valence-electron chi connectivity index (χ3n) is 3.88. The van der Waals surface area contributed by atoms with Crippen LogP contribution in [0.3, 0.4) is 0 Å². The highest BCUT2D eigenvalue weighted by Crippen LogP contribution is 2.29. The van der Waals surface area contributed by atoms with Gasteiger partial charge in [-0.1, -0.05) is 32.9 Å². The van der Waals surface area contributed by atoms with E-state index < -0.39 is 11.7 Å². The first-order chi connectivity index (χ1) is 12.0. The minimum absolute atomic E-state index is 0.0852. The molecule has 2 rings (SSSR count). The van der Waals surface area contributed by atoms with Gasteiger partial charge in [-0.15, -0.1) is 0 Å². The van der Waals surface area contributed by atoms with Gasteiger partial charge in [0.25, 0.3) is 0 Å². The standard InChI is InChI=1S/C18H23F3N4O/c1-17(2,3)15-9-14(23-24-15)11-25(4)16(26)22-10-12-5-7-13(8-6-12)18(19,20)21/h5-9H,10-11H2,1-4H3,(H,22,26)(H,23,24). The summed E-state index contributed by atoms with van der Waals surface area (Å²) in [5.74, 6) is 0. The number of nitrogens with one attached hydrogen (secondary N) is 2. The zero-order chi connectivity index (χ0) is 19.5. The summed E-state index contributed by atoms with van der Waals surface area (Å²) in [6, 6.07) is 6.31. The Labute approximate surface area is 150 Å². The van der Waals surface area contributed by atoms with E-state index in [1.54, 1.807) is 7.05 Å². The van der Waals surface area contributed by atoms with E-state index in [9.17, 15) is 18.0 Å². The average molecular weight is 368 g/mol. The van der Waals surface area contributed by atoms with Crippen molar-refractivity contribution in [1.29, 1.82) is 0 Å². The number of halogens is 3. The Morgan fingerprint density at radius 2 is 1.81 bits per heavy atom. The molecule has 0 saturated carbocycles. The summed E-state index contributed by atoms with van der Waals surface area (Å²) < 4.78 is 37.6. The molecule has 0 atom stereocenters. The fourth-order valence-electron chi connectivity index (χ4n) is 2.28. The van der Waals surface area contributed by atoms with Gasteiger partial charge in [0, 0.05) is 19.0 Å². The molecule has 2 amide bonds. The molecule has 0 bridgehead atoms. The summed E-state index contributed by atoms with van der Waals surface area (Å²) in [6.45, 7) is 6.65. The monoisotopic (exact) mass is 368 g/mol. The molecule has 26 heavy (non-hydrogen) atoms. The third kappa shape index (κ3) is 5.24. The van der Waals surface area contributed by atoms with Crippen LogP contribution in [0.5, 0.6) is 0 Å². The highest BCUT2D eigenvalue weighted by atomic mass is 19.4. The van der Waals surface area contributed by atoms with Crippen molar-refractivity contribution in [2.24, 2.45) is 0 Å². The Hall–Kier alpha value is -2.51. The lowest BCUT2D eigenvalue weighted by atomic mass is 9.92. The molecule has 0 unspecified atom stereocenters. The fourth-order valence-corrected chi connectivity index (χ4v) is 2.28. The zero-order valence-electron chi connectivity index (χ0n) is 15.2. The maximum Gasteiger partial charge on any atom is 0.416 e. The van der Waals surface area contributed by atoms with E-state index in [0.29, 0.717) is 12.1 Å². The molecule has 0 aliphatic heterocycles. The molecular formula is C18H23F3N4O. The molecular weight excluding hydrogens is 345 g/mol. The van der Waals surface area contributed by atoms with Crippen LogP contribution in [0.25, 0.3) is 0 Å². The molecule has 1 aromatic carbocycles. The highest BCUT2D eigenvalue weighted by Gasteiger charge is 2.29. The number of urea groups is 1. The Morgan fingerprint density at radius 1 is 1.19 bits per heavy atom. The first-order valence-electron chi connectivity index (χ1n) is 8.16. The zero-order valence-corrected chi connectivity index (χ0v) is 15.2. The molecule has 2 aromatic rings. The van der Waals surface area contributed by atoms with E-state index in [1.165, 1.54) is 17.0 Å². The molecule has 142 valence electrons. The third-order valence-corrected chi connectivity index (χ3v) is 3.88. The normalized spacial score (nSPS) is 12.1. The van der Waals surface area contributed by atoms with E-state index in [1.807, 2.05) is 26.8 Å². The second-order valence-electron chi connectivity index (χ2n) is 7.24. The largest absolute Gasteiger partial charge is 0.416 e. The predicted octanol–water partition coefficient (Wildman–Crippen LogP) is 4.07. The number of hydrogen-bond donors (Lipinski definition) is 2. The molecule has 0 aliphatic carbocycles. The molecule has 2 N–H and O–H groups in total. The minimum atomic E-state index is -4.36. The summed E-state index contributed by atoms with van der Waals surface area (Å²) >= 11 is 0. The van der Waals surface area contributed by atoms with Gasteiger partial charge in [0.15, 0.2) is 0 Å². The van der Waals surface area contributed by atoms with Crippen LogP contribution in [-0.4, -0.2) is 28.2 Å². The number of amides is 2. The maximum atomic E-state index is 12.5. The highest BCUT2D eigenvalue weighted by molar-refractivity contribution is 5.73. The molecule has 1 aromatic heterocycles. The van der Waals surface area contributed by atoms with E-state index >= 15 is 0 Å². The molecule has 0 saturated heterocycles. The van der Waals surface area contributed by atoms with Gasteiger partial charge in [-0.25, -0.2) is 4.79 Å². The first-order valence-corrected chi connectivity index (χ1v) is 8.16. The SMILES string of the molecule is CN(Cc1cc(C(C)(C)C)n[nH]1)C(=O)NCc1ccc(C(F)(F)F)cc1. The molecule has 0 radical (unpaired) electrons. The number of aromatic amines is 1. The maximum absolute atomic E-state index is 12.5. The molecule has 0 aliphatic rings. The lowest BCUT2D eigenvalue weighted by molar-refractivity contribution is -0.137. The Bertz CT molecular complexity index is 745. The van der Waals surface area contributed by atoms with E-state index in [2.05, 4.69) is 15.5 Å². The van der Waals surface area contributed by atoms with Crippen molar-refractivity contribution in [3.8, 4) is 0 Å². The van der Waals surface area contributed by atoms with Crippen molar-refractivity contribution >= 4 is 6.03 Å². The van der Waals surface area contributed by atoms with Crippen molar-refractivity contribution in [2.75, 3.05) is 7.05 Å². The minimum Gasteiger partial charge on any atom is -0.334 e. The average Bonchev–Trinajstić information content (AvgIpc) is 3.01. The molecule has 8 heteroatoms. The number of nitrogens with zero attached hydrogens (tertiary/aromatic N) is 2. The van der Waals surface area contributed by atoms with Crippen LogP contribution in [0, 0.1) is 0 Å². The fraction of sp³-hybridized carbons (Fsp3) is 0.444. The summed E-state index contributed by atoms with van der Waals surface area (Å²) in [6.07, 6.45) is -4.36. The van der Waals surface area contributed by atoms with Gasteiger partial charge in [-0.2, -0.15) is 18.3 Å². The summed E-state index contributed by atoms with van der Waals surface area (Å²) in [5.41, 5.74) is 1.51. The number of rotatable bonds is 4. The van der Waals surface area contributed by atoms with Gasteiger partial charge < -0.3 is 10.2 Å². The lowest BCUT2D eigenvalue weighted by Crippen LogP contribution is -2.36. The quantitative estimate of drug-likeness (QED) is 0.855. The summed E-state index contributed by atoms with van der Waals surface area (Å²) in [7, 11) is 1.64. The second-order valence-corrected chi connectivity index (χ2v) is 7.24. The Morgan fingerprint density at radius 3 is 2.31 bits per heavy atom. The number of carbonyl (C=O) groups is 1. The van der Waals surface area contributed by atoms with Gasteiger partial charge in [-0.05, 0) is 23.8 Å². The van der Waals surface area contributed by atoms with E-state index in [-0.39, 0.29) is 18.0 Å². The number of benzene rings is 1. The number of hydrogen-bond acceptors (Lipinski definition) is 2. The number of H-pyrrole nitrogens is 1. The Kier molecular flexibility index (Phi) is 5.63. The van der Waals surface area contributed by atoms with Crippen LogP contribution in [0.1, 0.15) is 43.3 Å². The van der Waals surface area contributed by atoms with Gasteiger partial charge in [-0.3, -0.25) is 5.10 Å². The first kappa shape index (κ1) is 19.8. The van der Waals surface area contributed by atoms with Crippen LogP contribution < -0.4 is 5.32 Å². The van der Waals surface area contributed by atoms with Gasteiger partial charge in [0.2, 0.25) is 0 Å². The lowest BCUT2D eigenvalue weighted by Gasteiger charge is -2.17. The van der Waals surface area contributed by atoms with Gasteiger partial charge in [0.05, 0.1) is 23.5 Å². The molecule has 1 heterocycles. The molecule has 0 fully saturated rings. The molecule has 0 spiro atoms. The topological polar surface area (TPSA) is 61.0 Å². The van der Waals surface area contributed by atoms with Crippen LogP contribution in [-0.2, 0) is 24.7 Å². The number of alkyl halides is 3. The predicted molar refractivity (Wildman–Crippen MR) is 92.4 cm³/mol.